The molecule has 0 bridgehead atoms. The number of hydrogen-bond acceptors (Lipinski definition) is 5. The van der Waals surface area contributed by atoms with Crippen LogP contribution in [-0.4, -0.2) is 25.6 Å². The van der Waals surface area contributed by atoms with Crippen LogP contribution in [0.25, 0.3) is 17.2 Å². The smallest absolute Gasteiger partial charge is 0.363 e. The van der Waals surface area contributed by atoms with E-state index in [0.717, 1.165) is 35.1 Å². The van der Waals surface area contributed by atoms with Gasteiger partial charge in [0.15, 0.2) is 17.2 Å². The molecular weight excluding hydrogens is 402 g/mol. The van der Waals surface area contributed by atoms with Gasteiger partial charge in [0.2, 0.25) is 5.90 Å². The van der Waals surface area contributed by atoms with Crippen LogP contribution in [0.3, 0.4) is 0 Å². The molecule has 0 N–H and O–H groups in total. The summed E-state index contributed by atoms with van der Waals surface area (Å²) in [5.41, 5.74) is 3.98. The van der Waals surface area contributed by atoms with Crippen molar-refractivity contribution in [3.05, 3.63) is 89.6 Å². The Morgan fingerprint density at radius 3 is 2.34 bits per heavy atom. The van der Waals surface area contributed by atoms with E-state index in [1.165, 1.54) is 0 Å². The van der Waals surface area contributed by atoms with Crippen molar-refractivity contribution in [1.82, 2.24) is 0 Å². The van der Waals surface area contributed by atoms with Gasteiger partial charge in [-0.25, -0.2) is 9.79 Å². The SMILES string of the molecule is CCCCOc1ccc(/C=C2\N=C(c3ccc(-c4ccccc4)cc3)OC2=O)cc1OC. The molecule has 4 rings (SSSR count). The van der Waals surface area contributed by atoms with Gasteiger partial charge in [-0.15, -0.1) is 0 Å². The van der Waals surface area contributed by atoms with E-state index in [-0.39, 0.29) is 5.70 Å². The van der Waals surface area contributed by atoms with Crippen LogP contribution >= 0.6 is 0 Å². The van der Waals surface area contributed by atoms with Crippen molar-refractivity contribution in [2.45, 2.75) is 19.8 Å². The maximum atomic E-state index is 12.4. The first-order valence-electron chi connectivity index (χ1n) is 10.7. The molecule has 0 aliphatic carbocycles. The van der Waals surface area contributed by atoms with E-state index in [1.807, 2.05) is 60.7 Å². The number of ether oxygens (including phenoxy) is 3. The minimum Gasteiger partial charge on any atom is -0.493 e. The highest BCUT2D eigenvalue weighted by atomic mass is 16.6. The van der Waals surface area contributed by atoms with Crippen molar-refractivity contribution in [2.24, 2.45) is 4.99 Å². The monoisotopic (exact) mass is 427 g/mol. The first-order chi connectivity index (χ1) is 15.7. The first-order valence-corrected chi connectivity index (χ1v) is 10.7. The van der Waals surface area contributed by atoms with Crippen LogP contribution in [0.2, 0.25) is 0 Å². The molecule has 0 radical (unpaired) electrons. The average molecular weight is 428 g/mol. The van der Waals surface area contributed by atoms with E-state index in [2.05, 4.69) is 24.0 Å². The van der Waals surface area contributed by atoms with E-state index in [0.29, 0.717) is 24.0 Å². The first kappa shape index (κ1) is 21.4. The molecule has 0 atom stereocenters. The lowest BCUT2D eigenvalue weighted by molar-refractivity contribution is -0.129. The minimum absolute atomic E-state index is 0.244. The molecule has 5 nitrogen and oxygen atoms in total. The number of cyclic esters (lactones) is 1. The normalized spacial score (nSPS) is 14.2. The van der Waals surface area contributed by atoms with E-state index < -0.39 is 5.97 Å². The molecule has 3 aromatic rings. The lowest BCUT2D eigenvalue weighted by Gasteiger charge is -2.10. The number of rotatable bonds is 8. The van der Waals surface area contributed by atoms with Crippen LogP contribution in [0.1, 0.15) is 30.9 Å². The summed E-state index contributed by atoms with van der Waals surface area (Å²) in [5, 5.41) is 0. The molecule has 0 fully saturated rings. The number of benzene rings is 3. The summed E-state index contributed by atoms with van der Waals surface area (Å²) in [4.78, 5) is 16.8. The molecule has 0 saturated carbocycles. The summed E-state index contributed by atoms with van der Waals surface area (Å²) >= 11 is 0. The number of methoxy groups -OCH3 is 1. The molecular formula is C27H25NO4. The van der Waals surface area contributed by atoms with Crippen molar-refractivity contribution >= 4 is 17.9 Å². The standard InChI is InChI=1S/C27H25NO4/c1-3-4-16-31-24-15-10-19(18-25(24)30-2)17-23-27(29)32-26(28-23)22-13-11-21(12-14-22)20-8-6-5-7-9-20/h5-15,17-18H,3-4,16H2,1-2H3/b23-17-. The zero-order valence-electron chi connectivity index (χ0n) is 18.2. The lowest BCUT2D eigenvalue weighted by Crippen LogP contribution is -2.05. The molecule has 1 aliphatic rings. The Bertz CT molecular complexity index is 1150. The van der Waals surface area contributed by atoms with Gasteiger partial charge in [0.05, 0.1) is 13.7 Å². The van der Waals surface area contributed by atoms with Gasteiger partial charge in [-0.05, 0) is 53.5 Å². The third kappa shape index (κ3) is 4.89. The maximum Gasteiger partial charge on any atom is 0.363 e. The zero-order valence-corrected chi connectivity index (χ0v) is 18.2. The van der Waals surface area contributed by atoms with Crippen LogP contribution in [0.15, 0.2) is 83.5 Å². The number of aliphatic imine (C=N–C) groups is 1. The van der Waals surface area contributed by atoms with Crippen molar-refractivity contribution in [3.63, 3.8) is 0 Å². The molecule has 0 saturated heterocycles. The van der Waals surface area contributed by atoms with Crippen molar-refractivity contribution < 1.29 is 19.0 Å². The highest BCUT2D eigenvalue weighted by molar-refractivity contribution is 6.13. The van der Waals surface area contributed by atoms with Crippen LogP contribution in [0.5, 0.6) is 11.5 Å². The lowest BCUT2D eigenvalue weighted by atomic mass is 10.0. The third-order valence-corrected chi connectivity index (χ3v) is 5.11. The summed E-state index contributed by atoms with van der Waals surface area (Å²) in [6, 6.07) is 23.4. The van der Waals surface area contributed by atoms with Crippen LogP contribution < -0.4 is 9.47 Å². The predicted octanol–water partition coefficient (Wildman–Crippen LogP) is 5.89. The fourth-order valence-electron chi connectivity index (χ4n) is 3.35. The van der Waals surface area contributed by atoms with E-state index in [1.54, 1.807) is 13.2 Å². The molecule has 0 aromatic heterocycles. The van der Waals surface area contributed by atoms with Crippen LogP contribution in [0, 0.1) is 0 Å². The summed E-state index contributed by atoms with van der Waals surface area (Å²) < 4.78 is 16.6. The van der Waals surface area contributed by atoms with Crippen LogP contribution in [-0.2, 0) is 9.53 Å². The summed E-state index contributed by atoms with van der Waals surface area (Å²) in [6.07, 6.45) is 3.72. The molecule has 162 valence electrons. The predicted molar refractivity (Wildman–Crippen MR) is 126 cm³/mol. The fourth-order valence-corrected chi connectivity index (χ4v) is 3.35. The summed E-state index contributed by atoms with van der Waals surface area (Å²) in [6.45, 7) is 2.75. The van der Waals surface area contributed by atoms with Crippen molar-refractivity contribution in [3.8, 4) is 22.6 Å². The topological polar surface area (TPSA) is 57.1 Å². The van der Waals surface area contributed by atoms with Gasteiger partial charge < -0.3 is 14.2 Å². The quantitative estimate of drug-likeness (QED) is 0.256. The van der Waals surface area contributed by atoms with Gasteiger partial charge in [-0.3, -0.25) is 0 Å². The number of hydrogen-bond donors (Lipinski definition) is 0. The van der Waals surface area contributed by atoms with Crippen molar-refractivity contribution in [1.29, 1.82) is 0 Å². The highest BCUT2D eigenvalue weighted by Gasteiger charge is 2.24. The number of carbonyl (C=O) groups is 1. The van der Waals surface area contributed by atoms with Gasteiger partial charge in [0, 0.05) is 5.56 Å². The molecule has 1 heterocycles. The van der Waals surface area contributed by atoms with E-state index >= 15 is 0 Å². The molecule has 0 unspecified atom stereocenters. The number of carbonyl (C=O) groups excluding carboxylic acids is 1. The van der Waals surface area contributed by atoms with Crippen LogP contribution in [0.4, 0.5) is 0 Å². The molecule has 3 aromatic carbocycles. The average Bonchev–Trinajstić information content (AvgIpc) is 3.20. The summed E-state index contributed by atoms with van der Waals surface area (Å²) in [7, 11) is 1.60. The second-order valence-electron chi connectivity index (χ2n) is 7.39. The van der Waals surface area contributed by atoms with Gasteiger partial charge in [-0.1, -0.05) is 61.9 Å². The van der Waals surface area contributed by atoms with Gasteiger partial charge in [0.25, 0.3) is 0 Å². The Kier molecular flexibility index (Phi) is 6.66. The largest absolute Gasteiger partial charge is 0.493 e. The highest BCUT2D eigenvalue weighted by Crippen LogP contribution is 2.30. The molecule has 0 amide bonds. The zero-order chi connectivity index (χ0) is 22.3. The van der Waals surface area contributed by atoms with Gasteiger partial charge in [0.1, 0.15) is 0 Å². The van der Waals surface area contributed by atoms with Gasteiger partial charge >= 0.3 is 5.97 Å². The molecule has 1 aliphatic heterocycles. The van der Waals surface area contributed by atoms with E-state index in [9.17, 15) is 4.79 Å². The minimum atomic E-state index is -0.477. The fraction of sp³-hybridized carbons (Fsp3) is 0.185. The van der Waals surface area contributed by atoms with Crippen molar-refractivity contribution in [2.75, 3.05) is 13.7 Å². The maximum absolute atomic E-state index is 12.4. The Balaban J connectivity index is 1.53. The van der Waals surface area contributed by atoms with Gasteiger partial charge in [-0.2, -0.15) is 0 Å². The molecule has 32 heavy (non-hydrogen) atoms. The third-order valence-electron chi connectivity index (χ3n) is 5.11. The second kappa shape index (κ2) is 9.96. The van der Waals surface area contributed by atoms with E-state index in [4.69, 9.17) is 14.2 Å². The number of esters is 1. The Labute approximate surface area is 188 Å². The molecule has 0 spiro atoms. The Morgan fingerprint density at radius 1 is 0.906 bits per heavy atom. The Hall–Kier alpha value is -3.86. The molecule has 5 heteroatoms. The summed E-state index contributed by atoms with van der Waals surface area (Å²) in [5.74, 6) is 1.11. The second-order valence-corrected chi connectivity index (χ2v) is 7.39. The number of unbranched alkanes of at least 4 members (excludes halogenated alkanes) is 1. The number of nitrogens with zero attached hydrogens (tertiary/aromatic N) is 1. The Morgan fingerprint density at radius 2 is 1.62 bits per heavy atom.